The van der Waals surface area contributed by atoms with Crippen LogP contribution in [-0.4, -0.2) is 127 Å². The molecule has 1 aliphatic carbocycles. The minimum atomic E-state index is -1.38. The van der Waals surface area contributed by atoms with Crippen LogP contribution in [0.5, 0.6) is 11.5 Å². The fraction of sp³-hybridized carbons (Fsp3) is 0.394. The summed E-state index contributed by atoms with van der Waals surface area (Å²) >= 11 is 3.09. The number of unbranched alkanes of at least 4 members (excludes halogenated alkanes) is 5. The number of carbonyl (C=O) groups is 5. The van der Waals surface area contributed by atoms with Crippen molar-refractivity contribution in [2.24, 2.45) is 11.3 Å². The van der Waals surface area contributed by atoms with Crippen molar-refractivity contribution in [3.8, 4) is 22.6 Å². The number of benzene rings is 5. The summed E-state index contributed by atoms with van der Waals surface area (Å²) in [6.45, 7) is 45.6. The molecule has 0 radical (unpaired) electrons. The third-order valence-electron chi connectivity index (χ3n) is 22.5. The molecule has 0 bridgehead atoms. The highest BCUT2D eigenvalue weighted by Crippen LogP contribution is 2.52. The van der Waals surface area contributed by atoms with Crippen LogP contribution >= 0.6 is 66.3 Å². The van der Waals surface area contributed by atoms with Crippen LogP contribution in [0.1, 0.15) is 203 Å². The van der Waals surface area contributed by atoms with Gasteiger partial charge in [-0.2, -0.15) is 17.4 Å². The van der Waals surface area contributed by atoms with Crippen LogP contribution in [-0.2, 0) is 62.2 Å². The summed E-state index contributed by atoms with van der Waals surface area (Å²) < 4.78 is 43.7. The monoisotopic (exact) mass is 1880 g/mol. The van der Waals surface area contributed by atoms with Gasteiger partial charge in [-0.3, -0.25) is 24.1 Å². The van der Waals surface area contributed by atoms with Crippen LogP contribution in [0.25, 0.3) is 48.7 Å². The second-order valence-corrected chi connectivity index (χ2v) is 41.9. The van der Waals surface area contributed by atoms with E-state index in [9.17, 15) is 39.3 Å². The molecule has 5 heterocycles. The van der Waals surface area contributed by atoms with Crippen molar-refractivity contribution in [1.29, 1.82) is 0 Å². The SMILES string of the molecule is [C-]#[N+]C1=C(/C=C/C=C/C2CC(C)(C)CC(/C=C/c3ccc(N(CCO)CCO)cc3)=C2Sc2ccc(C(C)(C)C)cc2)C(C)(c2ccccc2)O/C1=C(/[N+]#[C-])C(=O)OCCOC(=O)c1cc(C(=O)OCCCCCC[n+]2ccc(/C=C/c3cc(COCCO)c([C-]([N+]#[C-])[N+]#[C-])s3)cc2)cc(-c2cc(OC(=O)CCCCC3CCSS3)cc(OC(=O)CCCCC3CCSS3)c2)c1. The quantitative estimate of drug-likeness (QED) is 0.00370. The van der Waals surface area contributed by atoms with Gasteiger partial charge in [0.2, 0.25) is 5.70 Å². The molecule has 11 rings (SSSR count). The summed E-state index contributed by atoms with van der Waals surface area (Å²) in [5.74, 6) is -1.71. The Kier molecular flexibility index (Phi) is 39.3. The van der Waals surface area contributed by atoms with Crippen LogP contribution in [0.15, 0.2) is 214 Å². The maximum Gasteiger partial charge on any atom is 0.417 e. The molecular weight excluding hydrogens is 1770 g/mol. The Balaban J connectivity index is 0.801. The number of carbonyl (C=O) groups excluding carboxylic acids is 5. The molecule has 3 aliphatic heterocycles. The van der Waals surface area contributed by atoms with Gasteiger partial charge in [0.05, 0.1) is 57.3 Å². The number of aromatic nitrogens is 1. The number of esters is 5. The van der Waals surface area contributed by atoms with Gasteiger partial charge in [0.25, 0.3) is 5.70 Å². The molecule has 0 saturated carbocycles. The van der Waals surface area contributed by atoms with Crippen LogP contribution in [0.2, 0.25) is 0 Å². The standard InChI is InChI=1S/C104H114N6O15S6/c1-102(2,3)81-37-42-86(43-38-81)128-96-74(69-103(4,5)70-75(96)36-32-72-33-39-83(40-34-72)110(51-53-111)52-54-112)24-16-19-29-90-93(105-7)95(125-104(90,6)82-25-14-13-15-26-82)94(106-8)101(118)122-59-58-121-100(117)79-63-76(77-65-84(123-91(114)30-20-17-27-87-46-60-126-130-87)68-85(66-77)124-92(115)31-21-18-28-88-47-61-127-131-88)62-78(64-79)99(116)120-56-23-12-11-22-48-109-49-44-73(45-50-109)35-41-89-67-80(71-119-57-55-113)97(129-89)98(107-9)108-10/h13-16,19,24-26,29,32-45,49-50,62-68,74,87-88,111-113H,11-12,17-18,20-23,27-28,30-31,46-48,51-61,69-71H2,1-6H3/b24-16+,29-19+,36-32+,41-35+,95-94+. The van der Waals surface area contributed by atoms with E-state index in [4.69, 9.17) is 59.4 Å². The maximum absolute atomic E-state index is 14.5. The van der Waals surface area contributed by atoms with Crippen molar-refractivity contribution >= 4 is 120 Å². The zero-order valence-electron chi connectivity index (χ0n) is 75.1. The lowest BCUT2D eigenvalue weighted by atomic mass is 9.72. The molecule has 4 unspecified atom stereocenters. The molecule has 3 N–H and O–H groups in total. The summed E-state index contributed by atoms with van der Waals surface area (Å²) in [4.78, 5) is 90.5. The van der Waals surface area contributed by atoms with E-state index in [1.165, 1.54) is 51.6 Å². The molecule has 0 spiro atoms. The zero-order chi connectivity index (χ0) is 93.1. The first-order valence-corrected chi connectivity index (χ1v) is 50.8. The van der Waals surface area contributed by atoms with Gasteiger partial charge in [0.1, 0.15) is 42.6 Å². The third-order valence-corrected chi connectivity index (χ3v) is 31.0. The number of hydrogen-bond acceptors (Lipinski definition) is 22. The van der Waals surface area contributed by atoms with Gasteiger partial charge in [-0.1, -0.05) is 213 Å². The number of thioether (sulfide) groups is 1. The lowest BCUT2D eigenvalue weighted by Gasteiger charge is -2.37. The van der Waals surface area contributed by atoms with Crippen molar-refractivity contribution in [2.75, 3.05) is 75.7 Å². The lowest BCUT2D eigenvalue weighted by Crippen LogP contribution is -2.32. The first kappa shape index (κ1) is 101. The normalized spacial score (nSPS) is 17.6. The number of hydrogen-bond donors (Lipinski definition) is 3. The Labute approximate surface area is 794 Å². The van der Waals surface area contributed by atoms with E-state index in [2.05, 4.69) is 101 Å². The number of aliphatic hydroxyl groups is 3. The molecule has 131 heavy (non-hydrogen) atoms. The number of allylic oxidation sites excluding steroid dienone is 6. The van der Waals surface area contributed by atoms with Gasteiger partial charge < -0.3 is 53.4 Å². The number of thiophene rings is 1. The van der Waals surface area contributed by atoms with E-state index in [0.29, 0.717) is 70.0 Å². The largest absolute Gasteiger partial charge is 0.501 e. The van der Waals surface area contributed by atoms with Crippen LogP contribution in [0.4, 0.5) is 5.69 Å². The smallest absolute Gasteiger partial charge is 0.417 e. The molecule has 2 aromatic heterocycles. The molecule has 27 heteroatoms. The third kappa shape index (κ3) is 30.3. The highest BCUT2D eigenvalue weighted by atomic mass is 33.1. The molecular formula is C104H114N6O15S6. The molecule has 5 aromatic carbocycles. The second-order valence-electron chi connectivity index (χ2n) is 34.1. The molecule has 4 atom stereocenters. The Morgan fingerprint density at radius 1 is 0.641 bits per heavy atom. The molecule has 4 aliphatic rings. The summed E-state index contributed by atoms with van der Waals surface area (Å²) in [6.07, 6.45) is 32.0. The van der Waals surface area contributed by atoms with Gasteiger partial charge in [0.15, 0.2) is 12.4 Å². The minimum absolute atomic E-state index is 0.0220. The first-order valence-electron chi connectivity index (χ1n) is 44.4. The number of aryl methyl sites for hydroxylation is 1. The average molecular weight is 1880 g/mol. The van der Waals surface area contributed by atoms with Crippen molar-refractivity contribution in [2.45, 2.75) is 184 Å². The number of ether oxygens (including phenoxy) is 7. The lowest BCUT2D eigenvalue weighted by molar-refractivity contribution is -0.697. The van der Waals surface area contributed by atoms with E-state index < -0.39 is 54.4 Å². The summed E-state index contributed by atoms with van der Waals surface area (Å²) in [5, 5.41) is 29.7. The van der Waals surface area contributed by atoms with Crippen LogP contribution < -0.4 is 18.9 Å². The molecule has 2 fully saturated rings. The Morgan fingerprint density at radius 2 is 1.25 bits per heavy atom. The number of rotatable bonds is 46. The van der Waals surface area contributed by atoms with E-state index in [0.717, 1.165) is 115 Å². The summed E-state index contributed by atoms with van der Waals surface area (Å²) in [7, 11) is 7.51. The number of anilines is 1. The Bertz CT molecular complexity index is 5410. The average Bonchev–Trinajstić information content (AvgIpc) is 1.59. The number of aliphatic hydroxyl groups excluding tert-OH is 3. The van der Waals surface area contributed by atoms with Gasteiger partial charge in [-0.25, -0.2) is 29.4 Å². The van der Waals surface area contributed by atoms with Gasteiger partial charge in [-0.05, 0) is 209 Å². The molecule has 2 saturated heterocycles. The van der Waals surface area contributed by atoms with Crippen LogP contribution in [0, 0.1) is 43.8 Å². The first-order chi connectivity index (χ1) is 63.4. The van der Waals surface area contributed by atoms with E-state index in [1.54, 1.807) is 36.9 Å². The molecule has 686 valence electrons. The maximum atomic E-state index is 14.5. The van der Waals surface area contributed by atoms with Crippen molar-refractivity contribution in [3.05, 3.63) is 310 Å². The van der Waals surface area contributed by atoms with Gasteiger partial charge >= 0.3 is 36.0 Å². The molecule has 21 nitrogen and oxygen atoms in total. The van der Waals surface area contributed by atoms with E-state index in [1.807, 2.05) is 158 Å². The fourth-order valence-electron chi connectivity index (χ4n) is 15.7. The second kappa shape index (κ2) is 50.9. The zero-order valence-corrected chi connectivity index (χ0v) is 80.0. The molecule has 7 aromatic rings. The molecule has 0 amide bonds. The minimum Gasteiger partial charge on any atom is -0.501 e. The summed E-state index contributed by atoms with van der Waals surface area (Å²) in [5.41, 5.74) is 5.32. The van der Waals surface area contributed by atoms with E-state index >= 15 is 0 Å². The highest BCUT2D eigenvalue weighted by Gasteiger charge is 2.45. The van der Waals surface area contributed by atoms with Crippen molar-refractivity contribution in [1.82, 2.24) is 0 Å². The Hall–Kier alpha value is -10.5. The van der Waals surface area contributed by atoms with Gasteiger partial charge in [0, 0.05) is 94.6 Å². The highest BCUT2D eigenvalue weighted by molar-refractivity contribution is 8.77. The predicted octanol–water partition coefficient (Wildman–Crippen LogP) is 23.1. The Morgan fingerprint density at radius 3 is 1.85 bits per heavy atom. The number of nitrogens with zero attached hydrogens (tertiary/aromatic N) is 6. The van der Waals surface area contributed by atoms with Gasteiger partial charge in [-0.15, -0.1) is 0 Å². The topological polar surface area (TPSA) is 235 Å². The van der Waals surface area contributed by atoms with Crippen molar-refractivity contribution in [3.63, 3.8) is 0 Å². The number of pyridine rings is 1. The predicted molar refractivity (Wildman–Crippen MR) is 526 cm³/mol. The van der Waals surface area contributed by atoms with Crippen molar-refractivity contribution < 1.29 is 77.0 Å². The van der Waals surface area contributed by atoms with Crippen LogP contribution in [0.3, 0.4) is 0 Å². The summed E-state index contributed by atoms with van der Waals surface area (Å²) in [6, 6.07) is 40.9. The van der Waals surface area contributed by atoms with E-state index in [-0.39, 0.29) is 115 Å². The fourth-order valence-corrected chi connectivity index (χ4v) is 23.8.